The molecule has 2 N–H and O–H groups in total. The second-order valence-corrected chi connectivity index (χ2v) is 11.0. The van der Waals surface area contributed by atoms with Gasteiger partial charge in [0.2, 0.25) is 17.8 Å². The van der Waals surface area contributed by atoms with Crippen molar-refractivity contribution in [3.8, 4) is 6.01 Å². The average Bonchev–Trinajstić information content (AvgIpc) is 3.61. The van der Waals surface area contributed by atoms with Crippen molar-refractivity contribution in [2.45, 2.75) is 51.7 Å². The Hall–Kier alpha value is -3.99. The van der Waals surface area contributed by atoms with Crippen LogP contribution in [-0.4, -0.2) is 80.5 Å². The van der Waals surface area contributed by atoms with Gasteiger partial charge < -0.3 is 25.2 Å². The quantitative estimate of drug-likeness (QED) is 0.393. The highest BCUT2D eigenvalue weighted by Gasteiger charge is 2.30. The highest BCUT2D eigenvalue weighted by Crippen LogP contribution is 2.25. The number of carbonyl (C=O) groups is 2. The van der Waals surface area contributed by atoms with Gasteiger partial charge in [0, 0.05) is 44.0 Å². The molecule has 1 atom stereocenters. The molecule has 1 unspecified atom stereocenters. The molecule has 2 aliphatic rings. The lowest BCUT2D eigenvalue weighted by Crippen LogP contribution is -2.36. The summed E-state index contributed by atoms with van der Waals surface area (Å²) in [5.41, 5.74) is 3.44. The number of piperidine rings is 1. The fourth-order valence-electron chi connectivity index (χ4n) is 5.19. The number of fused-ring (bicyclic) bond motifs is 1. The van der Waals surface area contributed by atoms with Gasteiger partial charge in [0.15, 0.2) is 5.65 Å². The fraction of sp³-hybridized carbons (Fsp3) is 0.483. The number of nitrogens with one attached hydrogen (secondary N) is 2. The molecule has 11 nitrogen and oxygen atoms in total. The zero-order chi connectivity index (χ0) is 28.2. The number of nitrogens with zero attached hydrogens (tertiary/aromatic N) is 6. The predicted octanol–water partition coefficient (Wildman–Crippen LogP) is 3.31. The van der Waals surface area contributed by atoms with Gasteiger partial charge in [0.05, 0.1) is 12.1 Å². The molecular weight excluding hydrogens is 508 g/mol. The van der Waals surface area contributed by atoms with Gasteiger partial charge in [-0.05, 0) is 56.0 Å². The van der Waals surface area contributed by atoms with Crippen LogP contribution in [0.15, 0.2) is 43.1 Å². The van der Waals surface area contributed by atoms with Gasteiger partial charge in [-0.1, -0.05) is 32.6 Å². The van der Waals surface area contributed by atoms with Crippen molar-refractivity contribution in [3.05, 3.63) is 54.2 Å². The molecule has 5 rings (SSSR count). The number of rotatable bonds is 9. The number of benzene rings is 1. The lowest BCUT2D eigenvalue weighted by molar-refractivity contribution is -0.125. The summed E-state index contributed by atoms with van der Waals surface area (Å²) in [4.78, 5) is 38.1. The highest BCUT2D eigenvalue weighted by atomic mass is 16.5. The third-order valence-corrected chi connectivity index (χ3v) is 7.62. The fourth-order valence-corrected chi connectivity index (χ4v) is 5.19. The molecular formula is C29H38N8O3. The monoisotopic (exact) mass is 546 g/mol. The Balaban J connectivity index is 1.28. The molecule has 2 saturated heterocycles. The topological polar surface area (TPSA) is 117 Å². The lowest BCUT2D eigenvalue weighted by atomic mass is 10.1. The zero-order valence-electron chi connectivity index (χ0n) is 23.5. The Morgan fingerprint density at radius 2 is 1.98 bits per heavy atom. The van der Waals surface area contributed by atoms with Gasteiger partial charge in [-0.15, -0.1) is 0 Å². The van der Waals surface area contributed by atoms with Crippen LogP contribution >= 0.6 is 0 Å². The minimum Gasteiger partial charge on any atom is -0.460 e. The number of hydrogen-bond donors (Lipinski definition) is 2. The minimum absolute atomic E-state index is 0.0825. The second kappa shape index (κ2) is 12.0. The second-order valence-electron chi connectivity index (χ2n) is 11.0. The first-order valence-electron chi connectivity index (χ1n) is 14.0. The summed E-state index contributed by atoms with van der Waals surface area (Å²) in [5.74, 6) is 0.332. The number of aromatic nitrogens is 4. The molecule has 11 heteroatoms. The van der Waals surface area contributed by atoms with Crippen LogP contribution in [0.2, 0.25) is 0 Å². The van der Waals surface area contributed by atoms with Crippen molar-refractivity contribution in [1.29, 1.82) is 0 Å². The molecule has 2 aromatic heterocycles. The molecule has 0 saturated carbocycles. The van der Waals surface area contributed by atoms with Crippen LogP contribution in [-0.2, 0) is 16.1 Å². The number of anilines is 2. The first kappa shape index (κ1) is 27.6. The van der Waals surface area contributed by atoms with E-state index in [4.69, 9.17) is 9.72 Å². The van der Waals surface area contributed by atoms with Crippen LogP contribution in [0.25, 0.3) is 5.65 Å². The van der Waals surface area contributed by atoms with Crippen LogP contribution in [0.3, 0.4) is 0 Å². The zero-order valence-corrected chi connectivity index (χ0v) is 23.5. The van der Waals surface area contributed by atoms with E-state index in [9.17, 15) is 9.59 Å². The first-order chi connectivity index (χ1) is 19.3. The van der Waals surface area contributed by atoms with Crippen molar-refractivity contribution in [2.75, 3.05) is 43.9 Å². The van der Waals surface area contributed by atoms with Crippen molar-refractivity contribution in [3.63, 3.8) is 0 Å². The van der Waals surface area contributed by atoms with E-state index < -0.39 is 0 Å². The summed E-state index contributed by atoms with van der Waals surface area (Å²) in [7, 11) is 2.12. The number of hydrogen-bond acceptors (Lipinski definition) is 8. The van der Waals surface area contributed by atoms with Crippen molar-refractivity contribution < 1.29 is 14.3 Å². The van der Waals surface area contributed by atoms with E-state index in [1.54, 1.807) is 9.42 Å². The third kappa shape index (κ3) is 6.25. The predicted molar refractivity (Wildman–Crippen MR) is 153 cm³/mol. The molecule has 2 aliphatic heterocycles. The SMILES string of the molecule is C=CC(=O)N1CCC(C(=O)Nc2cccc(CNc3nc(OC4CCN(C)CC4)nc4c(C(C)C)cnn34)c2)C1. The van der Waals surface area contributed by atoms with Crippen molar-refractivity contribution in [1.82, 2.24) is 29.4 Å². The largest absolute Gasteiger partial charge is 0.460 e. The van der Waals surface area contributed by atoms with Gasteiger partial charge in [0.1, 0.15) is 6.10 Å². The summed E-state index contributed by atoms with van der Waals surface area (Å²) in [6.07, 6.45) is 5.72. The van der Waals surface area contributed by atoms with E-state index in [1.807, 2.05) is 30.5 Å². The normalized spacial score (nSPS) is 18.3. The van der Waals surface area contributed by atoms with Crippen LogP contribution in [0, 0.1) is 5.92 Å². The summed E-state index contributed by atoms with van der Waals surface area (Å²) in [6.45, 7) is 11.2. The highest BCUT2D eigenvalue weighted by molar-refractivity contribution is 5.94. The Morgan fingerprint density at radius 1 is 1.18 bits per heavy atom. The summed E-state index contributed by atoms with van der Waals surface area (Å²) >= 11 is 0. The maximum absolute atomic E-state index is 12.8. The molecule has 0 aliphatic carbocycles. The van der Waals surface area contributed by atoms with Gasteiger partial charge in [-0.3, -0.25) is 9.59 Å². The van der Waals surface area contributed by atoms with E-state index in [1.165, 1.54) is 6.08 Å². The van der Waals surface area contributed by atoms with Crippen LogP contribution in [0.4, 0.5) is 11.6 Å². The summed E-state index contributed by atoms with van der Waals surface area (Å²) in [5, 5.41) is 11.0. The Labute approximate surface area is 234 Å². The number of carbonyl (C=O) groups excluding carboxylic acids is 2. The van der Waals surface area contributed by atoms with Crippen LogP contribution in [0.1, 0.15) is 50.2 Å². The van der Waals surface area contributed by atoms with Crippen molar-refractivity contribution in [2.24, 2.45) is 5.92 Å². The molecule has 0 spiro atoms. The molecule has 0 bridgehead atoms. The summed E-state index contributed by atoms with van der Waals surface area (Å²) < 4.78 is 7.96. The maximum Gasteiger partial charge on any atom is 0.322 e. The number of amides is 2. The van der Waals surface area contributed by atoms with Crippen molar-refractivity contribution >= 4 is 29.1 Å². The van der Waals surface area contributed by atoms with E-state index in [0.717, 1.165) is 42.7 Å². The average molecular weight is 547 g/mol. The molecule has 1 aromatic carbocycles. The van der Waals surface area contributed by atoms with Crippen LogP contribution in [0.5, 0.6) is 6.01 Å². The summed E-state index contributed by atoms with van der Waals surface area (Å²) in [6, 6.07) is 8.04. The number of likely N-dealkylation sites (tertiary alicyclic amines) is 2. The molecule has 2 fully saturated rings. The first-order valence-corrected chi connectivity index (χ1v) is 14.0. The minimum atomic E-state index is -0.238. The maximum atomic E-state index is 12.8. The van der Waals surface area contributed by atoms with Crippen LogP contribution < -0.4 is 15.4 Å². The van der Waals surface area contributed by atoms with E-state index in [0.29, 0.717) is 43.7 Å². The molecule has 40 heavy (non-hydrogen) atoms. The van der Waals surface area contributed by atoms with E-state index in [2.05, 4.69) is 53.1 Å². The molecule has 0 radical (unpaired) electrons. The molecule has 3 aromatic rings. The van der Waals surface area contributed by atoms with Gasteiger partial charge in [0.25, 0.3) is 0 Å². The van der Waals surface area contributed by atoms with Gasteiger partial charge in [-0.25, -0.2) is 0 Å². The smallest absolute Gasteiger partial charge is 0.322 e. The van der Waals surface area contributed by atoms with E-state index >= 15 is 0 Å². The lowest BCUT2D eigenvalue weighted by Gasteiger charge is -2.28. The molecule has 212 valence electrons. The Kier molecular flexibility index (Phi) is 8.29. The van der Waals surface area contributed by atoms with Gasteiger partial charge in [-0.2, -0.15) is 19.6 Å². The van der Waals surface area contributed by atoms with Gasteiger partial charge >= 0.3 is 6.01 Å². The third-order valence-electron chi connectivity index (χ3n) is 7.62. The number of ether oxygens (including phenoxy) is 1. The molecule has 4 heterocycles. The Bertz CT molecular complexity index is 1380. The Morgan fingerprint density at radius 3 is 2.73 bits per heavy atom. The molecule has 2 amide bonds. The standard InChI is InChI=1S/C29H38N8O3/c1-5-25(38)36-14-9-21(18-36)27(39)32-22-8-6-7-20(15-22)16-30-28-34-29(40-23-10-12-35(4)13-11-23)33-26-24(19(2)3)17-31-37(26)28/h5-8,15,17,19,21,23H,1,9-14,16,18H2,2-4H3,(H,32,39)(H,30,33,34). The van der Waals surface area contributed by atoms with E-state index in [-0.39, 0.29) is 29.8 Å².